The number of carbonyl (C=O) groups is 1. The van der Waals surface area contributed by atoms with Gasteiger partial charge in [-0.05, 0) is 31.9 Å². The van der Waals surface area contributed by atoms with E-state index in [4.69, 9.17) is 11.6 Å². The van der Waals surface area contributed by atoms with E-state index in [1.165, 1.54) is 24.2 Å². The summed E-state index contributed by atoms with van der Waals surface area (Å²) in [6, 6.07) is 4.10. The second kappa shape index (κ2) is 5.74. The Morgan fingerprint density at radius 2 is 2.18 bits per heavy atom. The lowest BCUT2D eigenvalue weighted by molar-refractivity contribution is 0.234. The van der Waals surface area contributed by atoms with Crippen LogP contribution in [0.25, 0.3) is 0 Å². The minimum Gasteiger partial charge on any atom is -0.335 e. The SMILES string of the molecule is C[C@@H](NC(=O)NC1CCCC1)c1ccc(Cl)s1. The predicted octanol–water partition coefficient (Wildman–Crippen LogP) is 3.70. The molecule has 0 aliphatic heterocycles. The van der Waals surface area contributed by atoms with Crippen LogP contribution in [-0.2, 0) is 0 Å². The van der Waals surface area contributed by atoms with Crippen molar-refractivity contribution >= 4 is 29.0 Å². The fourth-order valence-corrected chi connectivity index (χ4v) is 3.19. The monoisotopic (exact) mass is 272 g/mol. The number of nitrogens with one attached hydrogen (secondary N) is 2. The number of thiophene rings is 1. The van der Waals surface area contributed by atoms with Crippen LogP contribution in [0, 0.1) is 0 Å². The van der Waals surface area contributed by atoms with Gasteiger partial charge < -0.3 is 10.6 Å². The Morgan fingerprint density at radius 3 is 2.76 bits per heavy atom. The van der Waals surface area contributed by atoms with Crippen molar-refractivity contribution in [2.75, 3.05) is 0 Å². The highest BCUT2D eigenvalue weighted by atomic mass is 35.5. The third-order valence-electron chi connectivity index (χ3n) is 3.06. The second-order valence-corrected chi connectivity index (χ2v) is 6.21. The Balaban J connectivity index is 1.81. The Hall–Kier alpha value is -0.740. The zero-order chi connectivity index (χ0) is 12.3. The number of hydrogen-bond acceptors (Lipinski definition) is 2. The lowest BCUT2D eigenvalue weighted by Gasteiger charge is -2.16. The number of amides is 2. The molecule has 1 aliphatic rings. The van der Waals surface area contributed by atoms with E-state index < -0.39 is 0 Å². The maximum atomic E-state index is 11.7. The molecule has 1 aromatic heterocycles. The molecule has 0 radical (unpaired) electrons. The van der Waals surface area contributed by atoms with E-state index in [9.17, 15) is 4.79 Å². The summed E-state index contributed by atoms with van der Waals surface area (Å²) in [5, 5.41) is 5.95. The maximum Gasteiger partial charge on any atom is 0.315 e. The van der Waals surface area contributed by atoms with Crippen LogP contribution < -0.4 is 10.6 Å². The van der Waals surface area contributed by atoms with Crippen molar-refractivity contribution in [2.45, 2.75) is 44.7 Å². The molecule has 0 spiro atoms. The molecule has 1 atom stereocenters. The van der Waals surface area contributed by atoms with Gasteiger partial charge in [-0.3, -0.25) is 0 Å². The second-order valence-electron chi connectivity index (χ2n) is 4.46. The van der Waals surface area contributed by atoms with Crippen LogP contribution in [0.2, 0.25) is 4.34 Å². The van der Waals surface area contributed by atoms with Gasteiger partial charge in [0.1, 0.15) is 0 Å². The normalized spacial score (nSPS) is 18.0. The van der Waals surface area contributed by atoms with Crippen molar-refractivity contribution in [3.8, 4) is 0 Å². The highest BCUT2D eigenvalue weighted by Gasteiger charge is 2.18. The quantitative estimate of drug-likeness (QED) is 0.865. The summed E-state index contributed by atoms with van der Waals surface area (Å²) in [5.74, 6) is 0. The molecule has 2 amide bonds. The number of rotatable bonds is 3. The maximum absolute atomic E-state index is 11.7. The molecule has 3 nitrogen and oxygen atoms in total. The van der Waals surface area contributed by atoms with E-state index in [1.54, 1.807) is 0 Å². The average Bonchev–Trinajstić information content (AvgIpc) is 2.89. The van der Waals surface area contributed by atoms with Gasteiger partial charge in [-0.1, -0.05) is 24.4 Å². The van der Waals surface area contributed by atoms with E-state index in [0.717, 1.165) is 22.1 Å². The van der Waals surface area contributed by atoms with E-state index >= 15 is 0 Å². The first kappa shape index (κ1) is 12.7. The van der Waals surface area contributed by atoms with Crippen LogP contribution in [0.5, 0.6) is 0 Å². The molecule has 5 heteroatoms. The molecule has 0 saturated heterocycles. The van der Waals surface area contributed by atoms with Crippen molar-refractivity contribution in [1.82, 2.24) is 10.6 Å². The van der Waals surface area contributed by atoms with Gasteiger partial charge in [0.2, 0.25) is 0 Å². The molecule has 1 aliphatic carbocycles. The molecular weight excluding hydrogens is 256 g/mol. The zero-order valence-electron chi connectivity index (χ0n) is 9.83. The largest absolute Gasteiger partial charge is 0.335 e. The fourth-order valence-electron chi connectivity index (χ4n) is 2.13. The number of halogens is 1. The lowest BCUT2D eigenvalue weighted by atomic mass is 10.2. The summed E-state index contributed by atoms with van der Waals surface area (Å²) in [6.07, 6.45) is 4.65. The number of carbonyl (C=O) groups excluding carboxylic acids is 1. The smallest absolute Gasteiger partial charge is 0.315 e. The third-order valence-corrected chi connectivity index (χ3v) is 4.47. The molecule has 94 valence electrons. The van der Waals surface area contributed by atoms with E-state index in [1.807, 2.05) is 19.1 Å². The summed E-state index contributed by atoms with van der Waals surface area (Å²) in [5.41, 5.74) is 0. The van der Waals surface area contributed by atoms with Crippen LogP contribution in [-0.4, -0.2) is 12.1 Å². The summed E-state index contributed by atoms with van der Waals surface area (Å²) in [6.45, 7) is 1.97. The van der Waals surface area contributed by atoms with Crippen LogP contribution in [0.15, 0.2) is 12.1 Å². The molecule has 1 heterocycles. The van der Waals surface area contributed by atoms with Crippen LogP contribution >= 0.6 is 22.9 Å². The van der Waals surface area contributed by atoms with Crippen molar-refractivity contribution in [3.63, 3.8) is 0 Å². The van der Waals surface area contributed by atoms with Crippen LogP contribution in [0.3, 0.4) is 0 Å². The molecule has 2 N–H and O–H groups in total. The summed E-state index contributed by atoms with van der Waals surface area (Å²) < 4.78 is 0.754. The van der Waals surface area contributed by atoms with E-state index in [2.05, 4.69) is 10.6 Å². The highest BCUT2D eigenvalue weighted by Crippen LogP contribution is 2.26. The van der Waals surface area contributed by atoms with Crippen LogP contribution in [0.1, 0.15) is 43.5 Å². The zero-order valence-corrected chi connectivity index (χ0v) is 11.4. The van der Waals surface area contributed by atoms with Gasteiger partial charge >= 0.3 is 6.03 Å². The van der Waals surface area contributed by atoms with Gasteiger partial charge in [0.05, 0.1) is 10.4 Å². The molecule has 0 bridgehead atoms. The van der Waals surface area contributed by atoms with Gasteiger partial charge in [-0.25, -0.2) is 4.79 Å². The van der Waals surface area contributed by atoms with Crippen molar-refractivity contribution in [2.24, 2.45) is 0 Å². The highest BCUT2D eigenvalue weighted by molar-refractivity contribution is 7.16. The van der Waals surface area contributed by atoms with Gasteiger partial charge in [0, 0.05) is 10.9 Å². The summed E-state index contributed by atoms with van der Waals surface area (Å²) >= 11 is 7.37. The minimum absolute atomic E-state index is 0.00824. The van der Waals surface area contributed by atoms with Crippen molar-refractivity contribution < 1.29 is 4.79 Å². The Kier molecular flexibility index (Phi) is 4.29. The Labute approximate surface area is 111 Å². The van der Waals surface area contributed by atoms with Gasteiger partial charge in [-0.2, -0.15) is 0 Å². The average molecular weight is 273 g/mol. The van der Waals surface area contributed by atoms with Gasteiger partial charge in [0.25, 0.3) is 0 Å². The van der Waals surface area contributed by atoms with Crippen molar-refractivity contribution in [1.29, 1.82) is 0 Å². The van der Waals surface area contributed by atoms with Crippen LogP contribution in [0.4, 0.5) is 4.79 Å². The summed E-state index contributed by atoms with van der Waals surface area (Å²) in [7, 11) is 0. The predicted molar refractivity (Wildman–Crippen MR) is 71.7 cm³/mol. The molecule has 0 unspecified atom stereocenters. The molecule has 2 rings (SSSR count). The molecule has 17 heavy (non-hydrogen) atoms. The fraction of sp³-hybridized carbons (Fsp3) is 0.583. The number of hydrogen-bond donors (Lipinski definition) is 2. The van der Waals surface area contributed by atoms with Gasteiger partial charge in [0.15, 0.2) is 0 Å². The van der Waals surface area contributed by atoms with E-state index in [-0.39, 0.29) is 12.1 Å². The third kappa shape index (κ3) is 3.61. The first-order valence-corrected chi connectivity index (χ1v) is 7.17. The molecule has 1 fully saturated rings. The molecule has 0 aromatic carbocycles. The molecular formula is C12H17ClN2OS. The summed E-state index contributed by atoms with van der Waals surface area (Å²) in [4.78, 5) is 12.8. The molecule has 1 aromatic rings. The first-order valence-electron chi connectivity index (χ1n) is 5.97. The van der Waals surface area contributed by atoms with Crippen molar-refractivity contribution in [3.05, 3.63) is 21.3 Å². The standard InChI is InChI=1S/C12H17ClN2OS/c1-8(10-6-7-11(13)17-10)14-12(16)15-9-4-2-3-5-9/h6-9H,2-5H2,1H3,(H2,14,15,16)/t8-/m1/s1. The Morgan fingerprint density at radius 1 is 1.47 bits per heavy atom. The topological polar surface area (TPSA) is 41.1 Å². The first-order chi connectivity index (χ1) is 8.15. The molecule has 1 saturated carbocycles. The Bertz CT molecular complexity index is 388. The lowest BCUT2D eigenvalue weighted by Crippen LogP contribution is -2.41. The van der Waals surface area contributed by atoms with Gasteiger partial charge in [-0.15, -0.1) is 11.3 Å². The van der Waals surface area contributed by atoms with E-state index in [0.29, 0.717) is 6.04 Å². The minimum atomic E-state index is -0.0751. The number of urea groups is 1.